The van der Waals surface area contributed by atoms with E-state index in [-0.39, 0.29) is 58.7 Å². The van der Waals surface area contributed by atoms with E-state index in [0.29, 0.717) is 24.0 Å². The summed E-state index contributed by atoms with van der Waals surface area (Å²) in [5, 5.41) is 0. The van der Waals surface area contributed by atoms with Gasteiger partial charge < -0.3 is 9.11 Å². The number of rotatable bonds is 48. The van der Waals surface area contributed by atoms with E-state index in [2.05, 4.69) is 13.8 Å². The van der Waals surface area contributed by atoms with Crippen LogP contribution in [0.3, 0.4) is 0 Å². The molecule has 0 aliphatic carbocycles. The second-order valence-corrected chi connectivity index (χ2v) is 23.2. The summed E-state index contributed by atoms with van der Waals surface area (Å²) in [6.45, 7) is 4.57. The first-order valence-corrected chi connectivity index (χ1v) is 32.0. The van der Waals surface area contributed by atoms with Gasteiger partial charge >= 0.3 is 48.9 Å². The molecule has 0 radical (unpaired) electrons. The molecule has 0 bridgehead atoms. The van der Waals surface area contributed by atoms with E-state index < -0.39 is 20.2 Å². The molecule has 0 atom stereocenters. The summed E-state index contributed by atoms with van der Waals surface area (Å²) >= 11 is 0. The summed E-state index contributed by atoms with van der Waals surface area (Å²) in [6, 6.07) is 13.2. The monoisotopic (exact) mass is 1120 g/mol. The maximum absolute atomic E-state index is 11.3. The summed E-state index contributed by atoms with van der Waals surface area (Å²) in [4.78, 5) is -0.0861. The molecular formula is C60H106BaO6S2. The van der Waals surface area contributed by atoms with Crippen LogP contribution in [0, 0.1) is 0 Å². The van der Waals surface area contributed by atoms with Crippen molar-refractivity contribution in [1.82, 2.24) is 0 Å². The quantitative estimate of drug-likeness (QED) is 0.0370. The van der Waals surface area contributed by atoms with E-state index >= 15 is 0 Å². The van der Waals surface area contributed by atoms with E-state index in [1.54, 1.807) is 24.3 Å². The number of hydrogen-bond donors (Lipinski definition) is 0. The SMILES string of the molecule is CCCCCCCCCCCCCCCCCCCCCCCCc1ccccc1S(=O)(=O)[O-].CCCCCCCCCCCCCCCCCCCCCCCCc1ccccc1S(=O)(=O)[O-].[Ba+2]. The molecule has 0 N–H and O–H groups in total. The minimum absolute atomic E-state index is 0. The largest absolute Gasteiger partial charge is 2.00 e. The molecule has 0 saturated heterocycles. The van der Waals surface area contributed by atoms with Crippen LogP contribution in [0.25, 0.3) is 0 Å². The molecule has 6 nitrogen and oxygen atoms in total. The zero-order valence-corrected chi connectivity index (χ0v) is 51.2. The van der Waals surface area contributed by atoms with Gasteiger partial charge in [-0.15, -0.1) is 0 Å². The molecule has 0 amide bonds. The van der Waals surface area contributed by atoms with Crippen molar-refractivity contribution in [2.75, 3.05) is 0 Å². The zero-order valence-electron chi connectivity index (χ0n) is 45.1. The summed E-state index contributed by atoms with van der Waals surface area (Å²) < 4.78 is 67.9. The van der Waals surface area contributed by atoms with Crippen LogP contribution >= 0.6 is 0 Å². The van der Waals surface area contributed by atoms with Crippen LogP contribution in [-0.4, -0.2) is 74.8 Å². The molecule has 69 heavy (non-hydrogen) atoms. The van der Waals surface area contributed by atoms with Gasteiger partial charge in [0.1, 0.15) is 20.2 Å². The molecule has 9 heteroatoms. The first kappa shape index (κ1) is 68.8. The Morgan fingerprint density at radius 3 is 0.609 bits per heavy atom. The van der Waals surface area contributed by atoms with Crippen LogP contribution in [0.5, 0.6) is 0 Å². The molecule has 2 rings (SSSR count). The maximum Gasteiger partial charge on any atom is 2.00 e. The molecule has 0 spiro atoms. The Morgan fingerprint density at radius 1 is 0.275 bits per heavy atom. The van der Waals surface area contributed by atoms with Gasteiger partial charge in [-0.2, -0.15) is 0 Å². The van der Waals surface area contributed by atoms with Crippen LogP contribution in [0.15, 0.2) is 58.3 Å². The Labute approximate surface area is 469 Å². The maximum atomic E-state index is 11.3. The Morgan fingerprint density at radius 2 is 0.435 bits per heavy atom. The summed E-state index contributed by atoms with van der Waals surface area (Å²) in [6.07, 6.45) is 61.2. The van der Waals surface area contributed by atoms with Crippen LogP contribution in [0.2, 0.25) is 0 Å². The van der Waals surface area contributed by atoms with Gasteiger partial charge in [0.2, 0.25) is 0 Å². The molecule has 0 saturated carbocycles. The minimum Gasteiger partial charge on any atom is -0.744 e. The second kappa shape index (κ2) is 50.0. The number of aryl methyl sites for hydroxylation is 2. The second-order valence-electron chi connectivity index (χ2n) is 20.5. The van der Waals surface area contributed by atoms with E-state index in [0.717, 1.165) is 25.7 Å². The van der Waals surface area contributed by atoms with Crippen molar-refractivity contribution < 1.29 is 25.9 Å². The van der Waals surface area contributed by atoms with E-state index in [4.69, 9.17) is 0 Å². The summed E-state index contributed by atoms with van der Waals surface area (Å²) in [7, 11) is -8.72. The third kappa shape index (κ3) is 43.9. The topological polar surface area (TPSA) is 114 Å². The van der Waals surface area contributed by atoms with E-state index in [9.17, 15) is 25.9 Å². The van der Waals surface area contributed by atoms with E-state index in [1.807, 2.05) is 12.1 Å². The van der Waals surface area contributed by atoms with Crippen molar-refractivity contribution in [3.63, 3.8) is 0 Å². The van der Waals surface area contributed by atoms with E-state index in [1.165, 1.54) is 269 Å². The van der Waals surface area contributed by atoms with Crippen LogP contribution in [0.4, 0.5) is 0 Å². The number of hydrogen-bond acceptors (Lipinski definition) is 6. The smallest absolute Gasteiger partial charge is 0.744 e. The normalized spacial score (nSPS) is 11.7. The van der Waals surface area contributed by atoms with Crippen molar-refractivity contribution in [3.05, 3.63) is 59.7 Å². The molecule has 2 aromatic rings. The van der Waals surface area contributed by atoms with Crippen LogP contribution in [-0.2, 0) is 33.1 Å². The molecule has 2 aromatic carbocycles. The molecule has 0 aliphatic heterocycles. The van der Waals surface area contributed by atoms with Gasteiger partial charge in [0.25, 0.3) is 0 Å². The fourth-order valence-corrected chi connectivity index (χ4v) is 11.2. The van der Waals surface area contributed by atoms with Crippen molar-refractivity contribution in [2.24, 2.45) is 0 Å². The average Bonchev–Trinajstić information content (AvgIpc) is 3.32. The molecule has 0 heterocycles. The molecule has 0 unspecified atom stereocenters. The Hall–Kier alpha value is -0.169. The summed E-state index contributed by atoms with van der Waals surface area (Å²) in [5.74, 6) is 0. The Bertz CT molecular complexity index is 1500. The van der Waals surface area contributed by atoms with Gasteiger partial charge in [0.15, 0.2) is 0 Å². The van der Waals surface area contributed by atoms with Crippen LogP contribution in [0.1, 0.15) is 307 Å². The molecular weight excluding hydrogens is 1020 g/mol. The molecule has 0 fully saturated rings. The first-order valence-electron chi connectivity index (χ1n) is 29.2. The van der Waals surface area contributed by atoms with Gasteiger partial charge in [0.05, 0.1) is 9.79 Å². The van der Waals surface area contributed by atoms with Gasteiger partial charge in [-0.1, -0.05) is 320 Å². The number of benzene rings is 2. The fraction of sp³-hybridized carbons (Fsp3) is 0.800. The zero-order chi connectivity index (χ0) is 49.5. The van der Waals surface area contributed by atoms with Crippen molar-refractivity contribution in [3.8, 4) is 0 Å². The Balaban J connectivity index is 0.00000132. The standard InChI is InChI=1S/2C30H54O3S.Ba/c2*1-2-3-4-5-6-7-8-9-10-11-12-13-14-15-16-17-18-19-20-21-22-23-26-29-27-24-25-28-30(29)34(31,32)33;/h2*24-25,27-28H,2-23,26H2,1H3,(H,31,32,33);/q;;+2/p-2. The van der Waals surface area contributed by atoms with Crippen molar-refractivity contribution >= 4 is 69.1 Å². The first-order chi connectivity index (χ1) is 33.1. The van der Waals surface area contributed by atoms with Gasteiger partial charge in [0, 0.05) is 0 Å². The van der Waals surface area contributed by atoms with Gasteiger partial charge in [-0.25, -0.2) is 16.8 Å². The van der Waals surface area contributed by atoms with Crippen molar-refractivity contribution in [1.29, 1.82) is 0 Å². The predicted octanol–water partition coefficient (Wildman–Crippen LogP) is 19.1. The van der Waals surface area contributed by atoms with Gasteiger partial charge in [-0.05, 0) is 48.9 Å². The predicted molar refractivity (Wildman–Crippen MR) is 296 cm³/mol. The minimum atomic E-state index is -4.36. The average molecular weight is 1120 g/mol. The third-order valence-electron chi connectivity index (χ3n) is 14.1. The fourth-order valence-electron chi connectivity index (χ4n) is 9.76. The molecule has 396 valence electrons. The molecule has 0 aromatic heterocycles. The Kier molecular flexibility index (Phi) is 49.9. The summed E-state index contributed by atoms with van der Waals surface area (Å²) in [5.41, 5.74) is 1.34. The molecule has 0 aliphatic rings. The van der Waals surface area contributed by atoms with Crippen LogP contribution < -0.4 is 0 Å². The third-order valence-corrected chi connectivity index (χ3v) is 16.0. The number of unbranched alkanes of at least 4 members (excludes halogenated alkanes) is 42. The van der Waals surface area contributed by atoms with Gasteiger partial charge in [-0.3, -0.25) is 0 Å². The van der Waals surface area contributed by atoms with Crippen molar-refractivity contribution in [2.45, 2.75) is 319 Å².